The summed E-state index contributed by atoms with van der Waals surface area (Å²) in [5, 5.41) is 4.30. The van der Waals surface area contributed by atoms with Crippen LogP contribution >= 0.6 is 11.6 Å². The minimum atomic E-state index is 0.235. The molecule has 0 aliphatic heterocycles. The molecule has 2 heteroatoms. The molecule has 0 amide bonds. The highest BCUT2D eigenvalue weighted by Crippen LogP contribution is 2.40. The van der Waals surface area contributed by atoms with Crippen LogP contribution in [-0.2, 0) is 0 Å². The van der Waals surface area contributed by atoms with Gasteiger partial charge in [0.1, 0.15) is 0 Å². The lowest BCUT2D eigenvalue weighted by atomic mass is 9.76. The van der Waals surface area contributed by atoms with Gasteiger partial charge in [-0.2, -0.15) is 0 Å². The highest BCUT2D eigenvalue weighted by atomic mass is 35.5. The van der Waals surface area contributed by atoms with E-state index in [9.17, 15) is 0 Å². The van der Waals surface area contributed by atoms with Gasteiger partial charge in [-0.05, 0) is 67.1 Å². The predicted molar refractivity (Wildman–Crippen MR) is 90.1 cm³/mol. The Labute approximate surface area is 132 Å². The molecular formula is C19H22ClN. The molecule has 1 N–H and O–H groups in total. The predicted octanol–water partition coefficient (Wildman–Crippen LogP) is 5.22. The molecule has 1 saturated carbocycles. The summed E-state index contributed by atoms with van der Waals surface area (Å²) in [6.45, 7) is 2.14. The van der Waals surface area contributed by atoms with Gasteiger partial charge in [0.2, 0.25) is 0 Å². The van der Waals surface area contributed by atoms with Crippen molar-refractivity contribution in [2.75, 3.05) is 7.05 Å². The normalized spacial score (nSPS) is 16.5. The highest BCUT2D eigenvalue weighted by Gasteiger charge is 2.25. The zero-order chi connectivity index (χ0) is 14.8. The molecule has 0 saturated heterocycles. The van der Waals surface area contributed by atoms with Crippen molar-refractivity contribution in [3.63, 3.8) is 0 Å². The van der Waals surface area contributed by atoms with E-state index < -0.39 is 0 Å². The monoisotopic (exact) mass is 299 g/mol. The minimum Gasteiger partial charge on any atom is -0.309 e. The Morgan fingerprint density at radius 1 is 1.10 bits per heavy atom. The van der Waals surface area contributed by atoms with Gasteiger partial charge in [0.15, 0.2) is 0 Å². The topological polar surface area (TPSA) is 12.0 Å². The SMILES string of the molecule is CNC(c1ccc(Cl)cc1C)c1ccccc1C1CCC1. The van der Waals surface area contributed by atoms with E-state index >= 15 is 0 Å². The summed E-state index contributed by atoms with van der Waals surface area (Å²) < 4.78 is 0. The summed E-state index contributed by atoms with van der Waals surface area (Å²) in [4.78, 5) is 0. The molecule has 1 fully saturated rings. The van der Waals surface area contributed by atoms with Gasteiger partial charge >= 0.3 is 0 Å². The van der Waals surface area contributed by atoms with E-state index in [2.05, 4.69) is 42.6 Å². The fourth-order valence-electron chi connectivity index (χ4n) is 3.31. The molecule has 0 spiro atoms. The van der Waals surface area contributed by atoms with Crippen LogP contribution in [0.25, 0.3) is 0 Å². The number of hydrogen-bond donors (Lipinski definition) is 1. The molecule has 1 atom stereocenters. The summed E-state index contributed by atoms with van der Waals surface area (Å²) in [6.07, 6.45) is 4.02. The van der Waals surface area contributed by atoms with Gasteiger partial charge in [-0.15, -0.1) is 0 Å². The fourth-order valence-corrected chi connectivity index (χ4v) is 3.53. The molecule has 1 unspecified atom stereocenters. The van der Waals surface area contributed by atoms with Crippen LogP contribution in [0.3, 0.4) is 0 Å². The molecule has 0 radical (unpaired) electrons. The maximum atomic E-state index is 6.10. The largest absolute Gasteiger partial charge is 0.309 e. The first-order valence-corrected chi connectivity index (χ1v) is 8.10. The Morgan fingerprint density at radius 2 is 1.86 bits per heavy atom. The highest BCUT2D eigenvalue weighted by molar-refractivity contribution is 6.30. The van der Waals surface area contributed by atoms with E-state index in [0.717, 1.165) is 10.9 Å². The Kier molecular flexibility index (Phi) is 4.32. The van der Waals surface area contributed by atoms with Crippen LogP contribution in [0, 0.1) is 6.92 Å². The molecule has 0 bridgehead atoms. The molecule has 2 aromatic rings. The molecule has 2 aromatic carbocycles. The van der Waals surface area contributed by atoms with Gasteiger partial charge in [0.05, 0.1) is 6.04 Å². The van der Waals surface area contributed by atoms with E-state index in [1.165, 1.54) is 41.5 Å². The van der Waals surface area contributed by atoms with Gasteiger partial charge < -0.3 is 5.32 Å². The Bertz CT molecular complexity index is 631. The quantitative estimate of drug-likeness (QED) is 0.815. The van der Waals surface area contributed by atoms with Crippen LogP contribution in [-0.4, -0.2) is 7.05 Å². The molecular weight excluding hydrogens is 278 g/mol. The molecule has 3 rings (SSSR count). The first-order valence-electron chi connectivity index (χ1n) is 7.73. The number of benzene rings is 2. The maximum absolute atomic E-state index is 6.10. The fraction of sp³-hybridized carbons (Fsp3) is 0.368. The molecule has 1 nitrogen and oxygen atoms in total. The second-order valence-electron chi connectivity index (χ2n) is 5.98. The lowest BCUT2D eigenvalue weighted by Crippen LogP contribution is -2.22. The van der Waals surface area contributed by atoms with Crippen molar-refractivity contribution in [1.82, 2.24) is 5.32 Å². The van der Waals surface area contributed by atoms with Crippen molar-refractivity contribution >= 4 is 11.6 Å². The summed E-state index contributed by atoms with van der Waals surface area (Å²) >= 11 is 6.10. The van der Waals surface area contributed by atoms with Crippen LogP contribution in [0.4, 0.5) is 0 Å². The maximum Gasteiger partial charge on any atom is 0.0579 e. The first kappa shape index (κ1) is 14.6. The number of hydrogen-bond acceptors (Lipinski definition) is 1. The summed E-state index contributed by atoms with van der Waals surface area (Å²) in [7, 11) is 2.04. The van der Waals surface area contributed by atoms with Gasteiger partial charge in [-0.3, -0.25) is 0 Å². The van der Waals surface area contributed by atoms with Crippen molar-refractivity contribution in [2.24, 2.45) is 0 Å². The minimum absolute atomic E-state index is 0.235. The van der Waals surface area contributed by atoms with Crippen molar-refractivity contribution in [2.45, 2.75) is 38.1 Å². The van der Waals surface area contributed by atoms with Crippen LogP contribution in [0.1, 0.15) is 53.5 Å². The summed E-state index contributed by atoms with van der Waals surface area (Å²) in [6, 6.07) is 15.3. The van der Waals surface area contributed by atoms with Crippen LogP contribution in [0.5, 0.6) is 0 Å². The van der Waals surface area contributed by atoms with Gasteiger partial charge in [0, 0.05) is 5.02 Å². The number of aryl methyl sites for hydroxylation is 1. The molecule has 110 valence electrons. The summed E-state index contributed by atoms with van der Waals surface area (Å²) in [5.41, 5.74) is 5.48. The number of rotatable bonds is 4. The lowest BCUT2D eigenvalue weighted by Gasteiger charge is -2.31. The van der Waals surface area contributed by atoms with Gasteiger partial charge in [-0.25, -0.2) is 0 Å². The van der Waals surface area contributed by atoms with Crippen molar-refractivity contribution in [3.05, 3.63) is 69.7 Å². The zero-order valence-corrected chi connectivity index (χ0v) is 13.5. The van der Waals surface area contributed by atoms with Gasteiger partial charge in [0.25, 0.3) is 0 Å². The average molecular weight is 300 g/mol. The Morgan fingerprint density at radius 3 is 2.48 bits per heavy atom. The van der Waals surface area contributed by atoms with E-state index in [4.69, 9.17) is 11.6 Å². The number of nitrogens with one attached hydrogen (secondary N) is 1. The standard InChI is InChI=1S/C19H22ClN/c1-13-12-15(20)10-11-16(13)19(21-2)18-9-4-3-8-17(18)14-6-5-7-14/h3-4,8-12,14,19,21H,5-7H2,1-2H3. The van der Waals surface area contributed by atoms with Gasteiger partial charge in [-0.1, -0.05) is 48.4 Å². The third-order valence-corrected chi connectivity index (χ3v) is 4.92. The van der Waals surface area contributed by atoms with Crippen LogP contribution in [0.15, 0.2) is 42.5 Å². The number of halogens is 1. The molecule has 0 aromatic heterocycles. The molecule has 0 heterocycles. The summed E-state index contributed by atoms with van der Waals surface area (Å²) in [5.74, 6) is 0.740. The van der Waals surface area contributed by atoms with E-state index in [1.807, 2.05) is 19.2 Å². The zero-order valence-electron chi connectivity index (χ0n) is 12.7. The Balaban J connectivity index is 2.03. The molecule has 1 aliphatic rings. The van der Waals surface area contributed by atoms with E-state index in [-0.39, 0.29) is 6.04 Å². The first-order chi connectivity index (χ1) is 10.2. The second-order valence-corrected chi connectivity index (χ2v) is 6.42. The average Bonchev–Trinajstić information content (AvgIpc) is 2.41. The van der Waals surface area contributed by atoms with Crippen molar-refractivity contribution in [1.29, 1.82) is 0 Å². The van der Waals surface area contributed by atoms with E-state index in [0.29, 0.717) is 0 Å². The van der Waals surface area contributed by atoms with Crippen LogP contribution in [0.2, 0.25) is 5.02 Å². The van der Waals surface area contributed by atoms with E-state index in [1.54, 1.807) is 0 Å². The van der Waals surface area contributed by atoms with Crippen molar-refractivity contribution in [3.8, 4) is 0 Å². The molecule has 21 heavy (non-hydrogen) atoms. The lowest BCUT2D eigenvalue weighted by molar-refractivity contribution is 0.415. The third kappa shape index (κ3) is 2.86. The Hall–Kier alpha value is -1.31. The van der Waals surface area contributed by atoms with Crippen molar-refractivity contribution < 1.29 is 0 Å². The third-order valence-electron chi connectivity index (χ3n) is 4.68. The smallest absolute Gasteiger partial charge is 0.0579 e. The second kappa shape index (κ2) is 6.21. The molecule has 1 aliphatic carbocycles. The van der Waals surface area contributed by atoms with Crippen LogP contribution < -0.4 is 5.32 Å².